The van der Waals surface area contributed by atoms with Gasteiger partial charge in [-0.3, -0.25) is 0 Å². The molecule has 0 radical (unpaired) electrons. The average molecular weight is 227 g/mol. The molecular weight excluding hydrogens is 209 g/mol. The zero-order chi connectivity index (χ0) is 11.8. The molecule has 0 aliphatic rings. The molecule has 4 nitrogen and oxygen atoms in total. The second-order valence-electron chi connectivity index (χ2n) is 3.77. The Morgan fingerprint density at radius 2 is 2.25 bits per heavy atom. The molecule has 0 aromatic carbocycles. The van der Waals surface area contributed by atoms with Crippen molar-refractivity contribution >= 4 is 5.82 Å². The number of aliphatic hydroxyl groups is 1. The van der Waals surface area contributed by atoms with Crippen molar-refractivity contribution < 1.29 is 9.50 Å². The molecule has 1 aromatic rings. The highest BCUT2D eigenvalue weighted by Crippen LogP contribution is 2.12. The molecule has 0 fully saturated rings. The normalized spacial score (nSPS) is 12.4. The van der Waals surface area contributed by atoms with Gasteiger partial charge in [0.2, 0.25) is 5.95 Å². The van der Waals surface area contributed by atoms with E-state index < -0.39 is 5.95 Å². The van der Waals surface area contributed by atoms with Crippen LogP contribution in [-0.4, -0.2) is 28.2 Å². The first-order valence-electron chi connectivity index (χ1n) is 5.58. The first-order chi connectivity index (χ1) is 7.76. The lowest BCUT2D eigenvalue weighted by atomic mass is 10.0. The molecule has 1 aromatic heterocycles. The minimum Gasteiger partial charge on any atom is -0.396 e. The maximum absolute atomic E-state index is 12.8. The topological polar surface area (TPSA) is 58.0 Å². The summed E-state index contributed by atoms with van der Waals surface area (Å²) in [5.41, 5.74) is 0. The lowest BCUT2D eigenvalue weighted by Crippen LogP contribution is -2.16. The molecule has 2 N–H and O–H groups in total. The minimum atomic E-state index is -0.535. The smallest absolute Gasteiger partial charge is 0.217 e. The first-order valence-corrected chi connectivity index (χ1v) is 5.58. The Kier molecular flexibility index (Phi) is 5.71. The summed E-state index contributed by atoms with van der Waals surface area (Å²) < 4.78 is 12.8. The van der Waals surface area contributed by atoms with Crippen molar-refractivity contribution in [3.8, 4) is 0 Å². The lowest BCUT2D eigenvalue weighted by Gasteiger charge is -2.15. The number of hydrogen-bond donors (Lipinski definition) is 2. The summed E-state index contributed by atoms with van der Waals surface area (Å²) >= 11 is 0. The van der Waals surface area contributed by atoms with E-state index in [1.54, 1.807) is 0 Å². The molecule has 0 saturated heterocycles. The molecule has 90 valence electrons. The zero-order valence-electron chi connectivity index (χ0n) is 9.49. The van der Waals surface area contributed by atoms with E-state index in [0.29, 0.717) is 18.3 Å². The highest BCUT2D eigenvalue weighted by molar-refractivity contribution is 5.31. The maximum atomic E-state index is 12.8. The Morgan fingerprint density at radius 1 is 1.44 bits per heavy atom. The van der Waals surface area contributed by atoms with Gasteiger partial charge in [0.05, 0.1) is 0 Å². The van der Waals surface area contributed by atoms with Gasteiger partial charge >= 0.3 is 0 Å². The molecule has 0 aliphatic carbocycles. The van der Waals surface area contributed by atoms with Crippen molar-refractivity contribution in [2.24, 2.45) is 5.92 Å². The van der Waals surface area contributed by atoms with Crippen LogP contribution in [0.15, 0.2) is 12.4 Å². The van der Waals surface area contributed by atoms with Crippen LogP contribution in [0, 0.1) is 11.9 Å². The standard InChI is InChI=1S/C11H18FN3O/c1-2-3-9(4-5-16)7-13-11-6-10(12)14-8-15-11/h6,8-9,16H,2-5,7H2,1H3,(H,13,14,15). The third-order valence-electron chi connectivity index (χ3n) is 2.44. The van der Waals surface area contributed by atoms with E-state index in [4.69, 9.17) is 5.11 Å². The molecule has 1 heterocycles. The molecule has 1 rings (SSSR count). The number of halogens is 1. The summed E-state index contributed by atoms with van der Waals surface area (Å²) in [5.74, 6) is 0.353. The van der Waals surface area contributed by atoms with Crippen molar-refractivity contribution in [3.05, 3.63) is 18.3 Å². The number of nitrogens with one attached hydrogen (secondary N) is 1. The molecule has 0 amide bonds. The van der Waals surface area contributed by atoms with Gasteiger partial charge in [-0.15, -0.1) is 0 Å². The van der Waals surface area contributed by atoms with Crippen LogP contribution in [0.4, 0.5) is 10.2 Å². The Morgan fingerprint density at radius 3 is 2.88 bits per heavy atom. The fraction of sp³-hybridized carbons (Fsp3) is 0.636. The molecule has 0 spiro atoms. The Balaban J connectivity index is 2.41. The van der Waals surface area contributed by atoms with Crippen LogP contribution in [0.3, 0.4) is 0 Å². The third kappa shape index (κ3) is 4.53. The second kappa shape index (κ2) is 7.11. The van der Waals surface area contributed by atoms with Crippen molar-refractivity contribution in [1.29, 1.82) is 0 Å². The number of aliphatic hydroxyl groups excluding tert-OH is 1. The predicted octanol–water partition coefficient (Wildman–Crippen LogP) is 1.83. The minimum absolute atomic E-state index is 0.185. The molecule has 0 bridgehead atoms. The monoisotopic (exact) mass is 227 g/mol. The number of aromatic nitrogens is 2. The van der Waals surface area contributed by atoms with Crippen molar-refractivity contribution in [3.63, 3.8) is 0 Å². The van der Waals surface area contributed by atoms with E-state index in [2.05, 4.69) is 22.2 Å². The number of anilines is 1. The predicted molar refractivity (Wildman–Crippen MR) is 60.6 cm³/mol. The molecule has 0 aliphatic heterocycles. The van der Waals surface area contributed by atoms with E-state index >= 15 is 0 Å². The van der Waals surface area contributed by atoms with Crippen LogP contribution in [-0.2, 0) is 0 Å². The maximum Gasteiger partial charge on any atom is 0.217 e. The number of hydrogen-bond acceptors (Lipinski definition) is 4. The summed E-state index contributed by atoms with van der Waals surface area (Å²) in [7, 11) is 0. The van der Waals surface area contributed by atoms with Crippen LogP contribution in [0.5, 0.6) is 0 Å². The van der Waals surface area contributed by atoms with E-state index in [1.807, 2.05) is 0 Å². The van der Waals surface area contributed by atoms with Gasteiger partial charge < -0.3 is 10.4 Å². The molecule has 1 unspecified atom stereocenters. The van der Waals surface area contributed by atoms with Crippen LogP contribution in [0.25, 0.3) is 0 Å². The van der Waals surface area contributed by atoms with Gasteiger partial charge in [-0.25, -0.2) is 9.97 Å². The summed E-state index contributed by atoms with van der Waals surface area (Å²) in [6.07, 6.45) is 4.07. The summed E-state index contributed by atoms with van der Waals surface area (Å²) in [4.78, 5) is 7.29. The second-order valence-corrected chi connectivity index (χ2v) is 3.77. The van der Waals surface area contributed by atoms with Crippen LogP contribution in [0.1, 0.15) is 26.2 Å². The van der Waals surface area contributed by atoms with E-state index in [-0.39, 0.29) is 6.61 Å². The largest absolute Gasteiger partial charge is 0.396 e. The molecule has 16 heavy (non-hydrogen) atoms. The fourth-order valence-corrected chi connectivity index (χ4v) is 1.62. The van der Waals surface area contributed by atoms with Crippen molar-refractivity contribution in [2.75, 3.05) is 18.5 Å². The Hall–Kier alpha value is -1.23. The average Bonchev–Trinajstić information content (AvgIpc) is 2.27. The number of rotatable bonds is 7. The van der Waals surface area contributed by atoms with Crippen LogP contribution < -0.4 is 5.32 Å². The van der Waals surface area contributed by atoms with E-state index in [0.717, 1.165) is 19.3 Å². The van der Waals surface area contributed by atoms with Crippen molar-refractivity contribution in [2.45, 2.75) is 26.2 Å². The highest BCUT2D eigenvalue weighted by atomic mass is 19.1. The van der Waals surface area contributed by atoms with Crippen LogP contribution >= 0.6 is 0 Å². The van der Waals surface area contributed by atoms with Gasteiger partial charge in [0, 0.05) is 19.2 Å². The zero-order valence-corrected chi connectivity index (χ0v) is 9.49. The summed E-state index contributed by atoms with van der Waals surface area (Å²) in [5, 5.41) is 11.9. The summed E-state index contributed by atoms with van der Waals surface area (Å²) in [6, 6.07) is 1.27. The van der Waals surface area contributed by atoms with Crippen molar-refractivity contribution in [1.82, 2.24) is 9.97 Å². The quantitative estimate of drug-likeness (QED) is 0.698. The third-order valence-corrected chi connectivity index (χ3v) is 2.44. The molecule has 1 atom stereocenters. The summed E-state index contributed by atoms with van der Waals surface area (Å²) in [6.45, 7) is 2.99. The SMILES string of the molecule is CCCC(CCO)CNc1cc(F)ncn1. The lowest BCUT2D eigenvalue weighted by molar-refractivity contribution is 0.255. The molecular formula is C11H18FN3O. The highest BCUT2D eigenvalue weighted by Gasteiger charge is 2.07. The van der Waals surface area contributed by atoms with Crippen LogP contribution in [0.2, 0.25) is 0 Å². The van der Waals surface area contributed by atoms with E-state index in [1.165, 1.54) is 12.4 Å². The molecule has 0 saturated carbocycles. The van der Waals surface area contributed by atoms with Gasteiger partial charge in [0.25, 0.3) is 0 Å². The first kappa shape index (κ1) is 12.8. The van der Waals surface area contributed by atoms with Gasteiger partial charge in [-0.05, 0) is 18.8 Å². The Bertz CT molecular complexity index is 303. The molecule has 5 heteroatoms. The number of nitrogens with zero attached hydrogens (tertiary/aromatic N) is 2. The van der Waals surface area contributed by atoms with Gasteiger partial charge in [-0.2, -0.15) is 4.39 Å². The fourth-order valence-electron chi connectivity index (χ4n) is 1.62. The van der Waals surface area contributed by atoms with E-state index in [9.17, 15) is 4.39 Å². The van der Waals surface area contributed by atoms with Gasteiger partial charge in [-0.1, -0.05) is 13.3 Å². The Labute approximate surface area is 94.9 Å². The van der Waals surface area contributed by atoms with Gasteiger partial charge in [0.15, 0.2) is 0 Å². The van der Waals surface area contributed by atoms with Gasteiger partial charge in [0.1, 0.15) is 12.1 Å².